The molecule has 1 aliphatic carbocycles. The van der Waals surface area contributed by atoms with Crippen LogP contribution in [-0.2, 0) is 11.2 Å². The van der Waals surface area contributed by atoms with Gasteiger partial charge in [-0.15, -0.1) is 0 Å². The number of aryl methyl sites for hydroxylation is 1. The number of para-hydroxylation sites is 2. The SMILES string of the molecule is Cc1ccccc1CC1(Nc2nc(N3CCOCC3)nc(-n3c(C(F)F)nc4ccccc43)n2)CC1. The van der Waals surface area contributed by atoms with E-state index < -0.39 is 6.43 Å². The van der Waals surface area contributed by atoms with Gasteiger partial charge in [0.2, 0.25) is 17.8 Å². The first-order valence-electron chi connectivity index (χ1n) is 12.2. The van der Waals surface area contributed by atoms with Crippen LogP contribution in [0.15, 0.2) is 48.5 Å². The van der Waals surface area contributed by atoms with Gasteiger partial charge in [0.1, 0.15) is 0 Å². The van der Waals surface area contributed by atoms with Crippen LogP contribution in [0.1, 0.15) is 36.2 Å². The average molecular weight is 492 g/mol. The molecular weight excluding hydrogens is 464 g/mol. The number of ether oxygens (including phenoxy) is 1. The molecule has 1 saturated heterocycles. The molecule has 1 aliphatic heterocycles. The molecule has 2 aromatic heterocycles. The number of hydrogen-bond acceptors (Lipinski definition) is 7. The lowest BCUT2D eigenvalue weighted by Crippen LogP contribution is -2.38. The molecule has 0 atom stereocenters. The molecule has 2 aliphatic rings. The van der Waals surface area contributed by atoms with Gasteiger partial charge in [-0.05, 0) is 49.4 Å². The largest absolute Gasteiger partial charge is 0.378 e. The number of imidazole rings is 1. The number of nitrogens with one attached hydrogen (secondary N) is 1. The zero-order chi connectivity index (χ0) is 24.7. The van der Waals surface area contributed by atoms with Crippen LogP contribution < -0.4 is 10.2 Å². The fraction of sp³-hybridized carbons (Fsp3) is 0.385. The summed E-state index contributed by atoms with van der Waals surface area (Å²) in [6, 6.07) is 15.4. The summed E-state index contributed by atoms with van der Waals surface area (Å²) in [7, 11) is 0. The first-order chi connectivity index (χ1) is 17.5. The summed E-state index contributed by atoms with van der Waals surface area (Å²) in [5.41, 5.74) is 3.33. The van der Waals surface area contributed by atoms with Crippen molar-refractivity contribution in [3.05, 3.63) is 65.5 Å². The lowest BCUT2D eigenvalue weighted by Gasteiger charge is -2.27. The molecule has 0 spiro atoms. The second-order valence-electron chi connectivity index (χ2n) is 9.46. The molecule has 2 fully saturated rings. The maximum atomic E-state index is 14.1. The van der Waals surface area contributed by atoms with Crippen molar-refractivity contribution in [3.63, 3.8) is 0 Å². The van der Waals surface area contributed by atoms with Crippen molar-refractivity contribution < 1.29 is 13.5 Å². The maximum Gasteiger partial charge on any atom is 0.296 e. The van der Waals surface area contributed by atoms with Gasteiger partial charge in [-0.2, -0.15) is 15.0 Å². The zero-order valence-electron chi connectivity index (χ0n) is 20.0. The first-order valence-corrected chi connectivity index (χ1v) is 12.2. The number of hydrogen-bond donors (Lipinski definition) is 1. The van der Waals surface area contributed by atoms with E-state index in [0.717, 1.165) is 19.3 Å². The second kappa shape index (κ2) is 9.09. The molecule has 6 rings (SSSR count). The summed E-state index contributed by atoms with van der Waals surface area (Å²) in [5, 5.41) is 3.54. The van der Waals surface area contributed by atoms with E-state index in [1.165, 1.54) is 15.7 Å². The summed E-state index contributed by atoms with van der Waals surface area (Å²) < 4.78 is 35.0. The standard InChI is InChI=1S/C26H27F2N7O/c1-17-6-2-3-7-18(17)16-26(10-11-26)33-23-30-24(34-12-14-36-15-13-34)32-25(31-23)35-20-9-5-4-8-19(20)29-22(35)21(27)28/h2-9,21H,10-16H2,1H3,(H,30,31,32,33). The Kier molecular flexibility index (Phi) is 5.75. The highest BCUT2D eigenvalue weighted by Crippen LogP contribution is 2.42. The van der Waals surface area contributed by atoms with Crippen molar-refractivity contribution in [2.45, 2.75) is 38.2 Å². The highest BCUT2D eigenvalue weighted by atomic mass is 19.3. The van der Waals surface area contributed by atoms with Gasteiger partial charge in [-0.3, -0.25) is 4.57 Å². The van der Waals surface area contributed by atoms with Gasteiger partial charge in [-0.25, -0.2) is 13.8 Å². The maximum absolute atomic E-state index is 14.1. The molecular formula is C26H27F2N7O. The van der Waals surface area contributed by atoms with Crippen LogP contribution in [0, 0.1) is 6.92 Å². The molecule has 0 unspecified atom stereocenters. The van der Waals surface area contributed by atoms with E-state index in [0.29, 0.717) is 49.2 Å². The molecule has 0 radical (unpaired) electrons. The number of nitrogens with zero attached hydrogens (tertiary/aromatic N) is 6. The highest BCUT2D eigenvalue weighted by Gasteiger charge is 2.44. The Balaban J connectivity index is 1.43. The Bertz CT molecular complexity index is 1400. The summed E-state index contributed by atoms with van der Waals surface area (Å²) in [6.45, 7) is 4.45. The number of morpholine rings is 1. The number of benzene rings is 2. The van der Waals surface area contributed by atoms with E-state index in [1.54, 1.807) is 24.3 Å². The van der Waals surface area contributed by atoms with Crippen molar-refractivity contribution in [3.8, 4) is 5.95 Å². The molecule has 4 aromatic rings. The third-order valence-electron chi connectivity index (χ3n) is 6.91. The van der Waals surface area contributed by atoms with Gasteiger partial charge >= 0.3 is 0 Å². The third-order valence-corrected chi connectivity index (χ3v) is 6.91. The van der Waals surface area contributed by atoms with Crippen LogP contribution in [0.2, 0.25) is 0 Å². The molecule has 0 amide bonds. The molecule has 36 heavy (non-hydrogen) atoms. The topological polar surface area (TPSA) is 81.0 Å². The summed E-state index contributed by atoms with van der Waals surface area (Å²) >= 11 is 0. The summed E-state index contributed by atoms with van der Waals surface area (Å²) in [6.07, 6.45) is 0.00855. The van der Waals surface area contributed by atoms with Gasteiger partial charge in [0.25, 0.3) is 6.43 Å². The van der Waals surface area contributed by atoms with Crippen molar-refractivity contribution in [1.82, 2.24) is 24.5 Å². The molecule has 1 N–H and O–H groups in total. The minimum atomic E-state index is -2.78. The fourth-order valence-electron chi connectivity index (χ4n) is 4.72. The Labute approximate surface area is 207 Å². The van der Waals surface area contributed by atoms with E-state index in [1.807, 2.05) is 17.0 Å². The monoisotopic (exact) mass is 491 g/mol. The first kappa shape index (κ1) is 22.8. The number of alkyl halides is 2. The van der Waals surface area contributed by atoms with Gasteiger partial charge < -0.3 is 15.0 Å². The van der Waals surface area contributed by atoms with E-state index in [4.69, 9.17) is 9.72 Å². The number of rotatable bonds is 7. The number of aromatic nitrogens is 5. The average Bonchev–Trinajstić information content (AvgIpc) is 3.52. The van der Waals surface area contributed by atoms with Crippen LogP contribution in [0.4, 0.5) is 20.7 Å². The van der Waals surface area contributed by atoms with Crippen molar-refractivity contribution >= 4 is 22.9 Å². The Morgan fingerprint density at radius 1 is 0.944 bits per heavy atom. The van der Waals surface area contributed by atoms with Crippen LogP contribution in [-0.4, -0.2) is 56.3 Å². The zero-order valence-corrected chi connectivity index (χ0v) is 20.0. The van der Waals surface area contributed by atoms with Crippen LogP contribution in [0.25, 0.3) is 17.0 Å². The molecule has 1 saturated carbocycles. The minimum absolute atomic E-state index is 0.129. The number of anilines is 2. The van der Waals surface area contributed by atoms with E-state index in [9.17, 15) is 8.78 Å². The summed E-state index contributed by atoms with van der Waals surface area (Å²) in [4.78, 5) is 20.2. The number of fused-ring (bicyclic) bond motifs is 1. The van der Waals surface area contributed by atoms with Crippen molar-refractivity contribution in [2.24, 2.45) is 0 Å². The number of halogens is 2. The van der Waals surface area contributed by atoms with Crippen molar-refractivity contribution in [1.29, 1.82) is 0 Å². The van der Waals surface area contributed by atoms with Crippen molar-refractivity contribution in [2.75, 3.05) is 36.5 Å². The molecule has 2 aromatic carbocycles. The van der Waals surface area contributed by atoms with Gasteiger partial charge in [0, 0.05) is 18.6 Å². The smallest absolute Gasteiger partial charge is 0.296 e. The van der Waals surface area contributed by atoms with Crippen LogP contribution in [0.3, 0.4) is 0 Å². The fourth-order valence-corrected chi connectivity index (χ4v) is 4.72. The molecule has 186 valence electrons. The second-order valence-corrected chi connectivity index (χ2v) is 9.46. The Morgan fingerprint density at radius 2 is 1.67 bits per heavy atom. The third kappa shape index (κ3) is 4.37. The lowest BCUT2D eigenvalue weighted by atomic mass is 10.00. The summed E-state index contributed by atoms with van der Waals surface area (Å²) in [5.74, 6) is 0.563. The molecule has 3 heterocycles. The lowest BCUT2D eigenvalue weighted by molar-refractivity contribution is 0.122. The predicted molar refractivity (Wildman–Crippen MR) is 133 cm³/mol. The van der Waals surface area contributed by atoms with E-state index in [-0.39, 0.29) is 17.3 Å². The van der Waals surface area contributed by atoms with E-state index >= 15 is 0 Å². The van der Waals surface area contributed by atoms with Gasteiger partial charge in [-0.1, -0.05) is 36.4 Å². The van der Waals surface area contributed by atoms with Crippen LogP contribution in [0.5, 0.6) is 0 Å². The van der Waals surface area contributed by atoms with Gasteiger partial charge in [0.15, 0.2) is 5.82 Å². The van der Waals surface area contributed by atoms with E-state index in [2.05, 4.69) is 39.3 Å². The molecule has 10 heteroatoms. The highest BCUT2D eigenvalue weighted by molar-refractivity contribution is 5.77. The Hall–Kier alpha value is -3.66. The Morgan fingerprint density at radius 3 is 2.42 bits per heavy atom. The normalized spacial score (nSPS) is 17.1. The molecule has 0 bridgehead atoms. The van der Waals surface area contributed by atoms with Crippen LogP contribution >= 0.6 is 0 Å². The minimum Gasteiger partial charge on any atom is -0.378 e. The van der Waals surface area contributed by atoms with Gasteiger partial charge in [0.05, 0.1) is 24.2 Å². The quantitative estimate of drug-likeness (QED) is 0.408. The molecule has 8 nitrogen and oxygen atoms in total. The predicted octanol–water partition coefficient (Wildman–Crippen LogP) is 4.48.